The van der Waals surface area contributed by atoms with Gasteiger partial charge in [0.05, 0.1) is 33.9 Å². The standard InChI is InChI=1S/C44H26N2O5/c47-43-41-31(27-17-21-29(22-18-27)45-33-9-1-5-13-37(33)49-38-14-6-2-10-34(38)45)25-26-32(42(41)44(48)51-43)28-19-23-30(24-20-28)46-35-11-3-7-15-39(35)50-40-16-8-4-12-36(40)46/h1-26H. The van der Waals surface area contributed by atoms with Crippen molar-refractivity contribution in [3.63, 3.8) is 0 Å². The van der Waals surface area contributed by atoms with Crippen molar-refractivity contribution < 1.29 is 23.8 Å². The predicted molar refractivity (Wildman–Crippen MR) is 197 cm³/mol. The van der Waals surface area contributed by atoms with Crippen LogP contribution in [0.25, 0.3) is 22.3 Å². The highest BCUT2D eigenvalue weighted by Gasteiger charge is 2.36. The summed E-state index contributed by atoms with van der Waals surface area (Å²) in [6, 6.07) is 51.4. The molecule has 7 nitrogen and oxygen atoms in total. The van der Waals surface area contributed by atoms with E-state index in [4.69, 9.17) is 14.2 Å². The normalized spacial score (nSPS) is 13.6. The molecular weight excluding hydrogens is 636 g/mol. The van der Waals surface area contributed by atoms with Crippen LogP contribution >= 0.6 is 0 Å². The van der Waals surface area contributed by atoms with E-state index in [9.17, 15) is 9.59 Å². The second-order valence-electron chi connectivity index (χ2n) is 12.4. The van der Waals surface area contributed by atoms with E-state index in [1.54, 1.807) is 0 Å². The topological polar surface area (TPSA) is 68.3 Å². The summed E-state index contributed by atoms with van der Waals surface area (Å²) in [5.74, 6) is 1.77. The molecule has 0 atom stereocenters. The molecule has 0 saturated heterocycles. The van der Waals surface area contributed by atoms with Gasteiger partial charge in [-0.2, -0.15) is 0 Å². The van der Waals surface area contributed by atoms with Crippen LogP contribution in [-0.4, -0.2) is 11.9 Å². The first-order valence-corrected chi connectivity index (χ1v) is 16.6. The number of benzene rings is 7. The Kier molecular flexibility index (Phi) is 6.35. The monoisotopic (exact) mass is 662 g/mol. The van der Waals surface area contributed by atoms with E-state index >= 15 is 0 Å². The summed E-state index contributed by atoms with van der Waals surface area (Å²) in [5, 5.41) is 0. The number of anilines is 6. The van der Waals surface area contributed by atoms with Gasteiger partial charge in [0.15, 0.2) is 23.0 Å². The quantitative estimate of drug-likeness (QED) is 0.137. The van der Waals surface area contributed by atoms with Gasteiger partial charge in [-0.05, 0) is 95.1 Å². The number of carbonyl (C=O) groups excluding carboxylic acids is 2. The number of hydrogen-bond donors (Lipinski definition) is 0. The molecular formula is C44H26N2O5. The number of rotatable bonds is 4. The van der Waals surface area contributed by atoms with Gasteiger partial charge in [0.2, 0.25) is 0 Å². The second-order valence-corrected chi connectivity index (χ2v) is 12.4. The maximum absolute atomic E-state index is 13.3. The molecule has 51 heavy (non-hydrogen) atoms. The van der Waals surface area contributed by atoms with E-state index in [0.29, 0.717) is 11.1 Å². The fraction of sp³-hybridized carbons (Fsp3) is 0. The lowest BCUT2D eigenvalue weighted by Gasteiger charge is -2.32. The highest BCUT2D eigenvalue weighted by atomic mass is 16.6. The molecule has 3 aliphatic heterocycles. The van der Waals surface area contributed by atoms with Crippen molar-refractivity contribution in [3.05, 3.63) is 169 Å². The molecule has 0 fully saturated rings. The summed E-state index contributed by atoms with van der Waals surface area (Å²) < 4.78 is 17.6. The van der Waals surface area contributed by atoms with Gasteiger partial charge in [0.1, 0.15) is 0 Å². The largest absolute Gasteiger partial charge is 0.453 e. The molecule has 7 aromatic rings. The van der Waals surface area contributed by atoms with Crippen LogP contribution in [0.2, 0.25) is 0 Å². The van der Waals surface area contributed by atoms with Gasteiger partial charge in [0, 0.05) is 11.4 Å². The number of esters is 2. The van der Waals surface area contributed by atoms with Crippen molar-refractivity contribution in [1.82, 2.24) is 0 Å². The van der Waals surface area contributed by atoms with Crippen molar-refractivity contribution in [2.45, 2.75) is 0 Å². The van der Waals surface area contributed by atoms with Gasteiger partial charge >= 0.3 is 11.9 Å². The maximum Gasteiger partial charge on any atom is 0.347 e. The Morgan fingerprint density at radius 1 is 0.333 bits per heavy atom. The highest BCUT2D eigenvalue weighted by Crippen LogP contribution is 2.52. The third-order valence-corrected chi connectivity index (χ3v) is 9.54. The molecule has 0 N–H and O–H groups in total. The lowest BCUT2D eigenvalue weighted by Crippen LogP contribution is -2.15. The molecule has 0 aromatic heterocycles. The zero-order chi connectivity index (χ0) is 34.1. The van der Waals surface area contributed by atoms with Crippen molar-refractivity contribution in [1.29, 1.82) is 0 Å². The van der Waals surface area contributed by atoms with Crippen LogP contribution in [0.1, 0.15) is 20.7 Å². The van der Waals surface area contributed by atoms with E-state index in [2.05, 4.69) is 9.80 Å². The number of fused-ring (bicyclic) bond motifs is 5. The predicted octanol–water partition coefficient (Wildman–Crippen LogP) is 11.5. The van der Waals surface area contributed by atoms with E-state index in [1.165, 1.54) is 0 Å². The second kappa shape index (κ2) is 11.2. The summed E-state index contributed by atoms with van der Waals surface area (Å²) in [6.45, 7) is 0. The first-order chi connectivity index (χ1) is 25.1. The average Bonchev–Trinajstić information content (AvgIpc) is 3.49. The van der Waals surface area contributed by atoms with Crippen molar-refractivity contribution >= 4 is 46.1 Å². The molecule has 7 heteroatoms. The molecule has 3 heterocycles. The van der Waals surface area contributed by atoms with E-state index in [-0.39, 0.29) is 11.1 Å². The molecule has 0 unspecified atom stereocenters. The minimum Gasteiger partial charge on any atom is -0.453 e. The molecule has 242 valence electrons. The van der Waals surface area contributed by atoms with Crippen LogP contribution in [0.5, 0.6) is 23.0 Å². The summed E-state index contributed by atoms with van der Waals surface area (Å²) in [5.41, 5.74) is 8.97. The van der Waals surface area contributed by atoms with E-state index < -0.39 is 11.9 Å². The van der Waals surface area contributed by atoms with Gasteiger partial charge in [-0.25, -0.2) is 9.59 Å². The molecule has 7 aromatic carbocycles. The van der Waals surface area contributed by atoms with E-state index in [1.807, 2.05) is 158 Å². The summed E-state index contributed by atoms with van der Waals surface area (Å²) in [7, 11) is 0. The fourth-order valence-corrected chi connectivity index (χ4v) is 7.24. The number of ether oxygens (including phenoxy) is 3. The van der Waals surface area contributed by atoms with Crippen molar-refractivity contribution in [3.8, 4) is 45.3 Å². The number of cyclic esters (lactones) is 2. The maximum atomic E-state index is 13.3. The summed E-state index contributed by atoms with van der Waals surface area (Å²) in [6.07, 6.45) is 0. The van der Waals surface area contributed by atoms with Gasteiger partial charge in [-0.1, -0.05) is 84.9 Å². The highest BCUT2D eigenvalue weighted by molar-refractivity contribution is 6.21. The van der Waals surface area contributed by atoms with Crippen molar-refractivity contribution in [2.75, 3.05) is 9.80 Å². The van der Waals surface area contributed by atoms with Crippen LogP contribution in [0.15, 0.2) is 158 Å². The molecule has 0 saturated carbocycles. The molecule has 0 amide bonds. The zero-order valence-corrected chi connectivity index (χ0v) is 26.9. The molecule has 0 spiro atoms. The van der Waals surface area contributed by atoms with Gasteiger partial charge in [-0.15, -0.1) is 0 Å². The lowest BCUT2D eigenvalue weighted by molar-refractivity contribution is 0.0444. The molecule has 10 rings (SSSR count). The number of nitrogens with zero attached hydrogens (tertiary/aromatic N) is 2. The average molecular weight is 663 g/mol. The Bertz CT molecular complexity index is 2290. The molecule has 0 aliphatic carbocycles. The van der Waals surface area contributed by atoms with Crippen LogP contribution in [0.4, 0.5) is 34.1 Å². The van der Waals surface area contributed by atoms with Crippen molar-refractivity contribution in [2.24, 2.45) is 0 Å². The molecule has 0 bridgehead atoms. The Morgan fingerprint density at radius 2 is 0.647 bits per heavy atom. The Morgan fingerprint density at radius 3 is 0.980 bits per heavy atom. The van der Waals surface area contributed by atoms with Crippen LogP contribution in [0, 0.1) is 0 Å². The number of hydrogen-bond acceptors (Lipinski definition) is 7. The van der Waals surface area contributed by atoms with Gasteiger partial charge < -0.3 is 24.0 Å². The minimum atomic E-state index is -0.648. The fourth-order valence-electron chi connectivity index (χ4n) is 7.24. The molecule has 3 aliphatic rings. The van der Waals surface area contributed by atoms with Crippen LogP contribution in [-0.2, 0) is 4.74 Å². The summed E-state index contributed by atoms with van der Waals surface area (Å²) in [4.78, 5) is 30.8. The smallest absolute Gasteiger partial charge is 0.347 e. The zero-order valence-electron chi connectivity index (χ0n) is 26.9. The Labute approximate surface area is 293 Å². The SMILES string of the molecule is O=C1OC(=O)c2c(-c3ccc(N4c5ccccc5Oc5ccccc54)cc3)ccc(-c3ccc(N4c5ccccc5Oc5ccccc54)cc3)c21. The van der Waals surface area contributed by atoms with Gasteiger partial charge in [0.25, 0.3) is 0 Å². The minimum absolute atomic E-state index is 0.271. The third kappa shape index (κ3) is 4.52. The Balaban J connectivity index is 1.02. The summed E-state index contributed by atoms with van der Waals surface area (Å²) >= 11 is 0. The first-order valence-electron chi connectivity index (χ1n) is 16.6. The van der Waals surface area contributed by atoms with Crippen LogP contribution in [0.3, 0.4) is 0 Å². The van der Waals surface area contributed by atoms with Crippen LogP contribution < -0.4 is 19.3 Å². The number of para-hydroxylation sites is 8. The lowest BCUT2D eigenvalue weighted by atomic mass is 9.90. The number of carbonyl (C=O) groups is 2. The first kappa shape index (κ1) is 28.9. The Hall–Kier alpha value is -7.12. The van der Waals surface area contributed by atoms with Gasteiger partial charge in [-0.3, -0.25) is 0 Å². The van der Waals surface area contributed by atoms with E-state index in [0.717, 1.165) is 68.2 Å². The molecule has 0 radical (unpaired) electrons. The third-order valence-electron chi connectivity index (χ3n) is 9.54.